The lowest BCUT2D eigenvalue weighted by Gasteiger charge is -2.31. The van der Waals surface area contributed by atoms with Crippen molar-refractivity contribution < 1.29 is 9.59 Å². The number of hydrogen-bond acceptors (Lipinski definition) is 3. The number of likely N-dealkylation sites (tertiary alicyclic amines) is 1. The zero-order valence-electron chi connectivity index (χ0n) is 15.3. The average Bonchev–Trinajstić information content (AvgIpc) is 2.72. The van der Waals surface area contributed by atoms with Gasteiger partial charge in [-0.05, 0) is 24.5 Å². The number of benzene rings is 1. The van der Waals surface area contributed by atoms with E-state index in [2.05, 4.69) is 5.32 Å². The number of pyridine rings is 1. The predicted molar refractivity (Wildman–Crippen MR) is 103 cm³/mol. The quantitative estimate of drug-likeness (QED) is 0.846. The fourth-order valence-corrected chi connectivity index (χ4v) is 3.34. The second-order valence-corrected chi connectivity index (χ2v) is 6.84. The average molecular weight is 367 g/mol. The first-order valence-electron chi connectivity index (χ1n) is 9.38. The second-order valence-electron chi connectivity index (χ2n) is 6.84. The lowest BCUT2D eigenvalue weighted by Crippen LogP contribution is -2.43. The number of nitrogens with zero attached hydrogens (tertiary/aromatic N) is 2. The van der Waals surface area contributed by atoms with E-state index in [4.69, 9.17) is 0 Å². The van der Waals surface area contributed by atoms with Gasteiger partial charge in [0.2, 0.25) is 11.8 Å². The molecule has 1 aliphatic rings. The summed E-state index contributed by atoms with van der Waals surface area (Å²) in [6.45, 7) is 2.10. The molecule has 142 valence electrons. The summed E-state index contributed by atoms with van der Waals surface area (Å²) in [6.07, 6.45) is 3.35. The molecule has 27 heavy (non-hydrogen) atoms. The van der Waals surface area contributed by atoms with E-state index in [-0.39, 0.29) is 23.3 Å². The highest BCUT2D eigenvalue weighted by Gasteiger charge is 2.26. The van der Waals surface area contributed by atoms with E-state index in [1.54, 1.807) is 27.8 Å². The van der Waals surface area contributed by atoms with E-state index in [1.165, 1.54) is 6.07 Å². The lowest BCUT2D eigenvalue weighted by atomic mass is 9.95. The molecule has 1 N–H and O–H groups in total. The smallest absolute Gasteiger partial charge is 0.250 e. The first-order chi connectivity index (χ1) is 13.1. The maximum absolute atomic E-state index is 12.4. The van der Waals surface area contributed by atoms with Gasteiger partial charge in [0.05, 0.1) is 0 Å². The fourth-order valence-electron chi connectivity index (χ4n) is 3.34. The molecule has 0 saturated carbocycles. The van der Waals surface area contributed by atoms with Gasteiger partial charge in [0.25, 0.3) is 5.56 Å². The number of amides is 2. The van der Waals surface area contributed by atoms with Crippen LogP contribution in [0.1, 0.15) is 24.8 Å². The van der Waals surface area contributed by atoms with Crippen LogP contribution in [0.3, 0.4) is 0 Å². The molecule has 6 nitrogen and oxygen atoms in total. The van der Waals surface area contributed by atoms with Crippen LogP contribution in [0.25, 0.3) is 0 Å². The number of rotatable bonds is 6. The second kappa shape index (κ2) is 9.16. The summed E-state index contributed by atoms with van der Waals surface area (Å²) >= 11 is 0. The number of aryl methyl sites for hydroxylation is 1. The first-order valence-corrected chi connectivity index (χ1v) is 9.38. The SMILES string of the molecule is O=C(NCc1ccccc1)C1CCN(C(=O)CCn2ccccc2=O)CC1. The molecule has 2 heterocycles. The molecule has 0 atom stereocenters. The van der Waals surface area contributed by atoms with Crippen LogP contribution in [0.5, 0.6) is 0 Å². The Morgan fingerprint density at radius 3 is 2.41 bits per heavy atom. The van der Waals surface area contributed by atoms with Gasteiger partial charge in [-0.1, -0.05) is 36.4 Å². The minimum Gasteiger partial charge on any atom is -0.352 e. The fraction of sp³-hybridized carbons (Fsp3) is 0.381. The van der Waals surface area contributed by atoms with Gasteiger partial charge in [0, 0.05) is 50.8 Å². The van der Waals surface area contributed by atoms with Crippen LogP contribution in [-0.2, 0) is 22.7 Å². The summed E-state index contributed by atoms with van der Waals surface area (Å²) in [6, 6.07) is 14.8. The zero-order valence-corrected chi connectivity index (χ0v) is 15.3. The number of carbonyl (C=O) groups is 2. The van der Waals surface area contributed by atoms with Crippen LogP contribution >= 0.6 is 0 Å². The normalized spacial score (nSPS) is 14.7. The van der Waals surface area contributed by atoms with Gasteiger partial charge in [0.1, 0.15) is 0 Å². The lowest BCUT2D eigenvalue weighted by molar-refractivity contribution is -0.135. The van der Waals surface area contributed by atoms with Crippen molar-refractivity contribution in [1.82, 2.24) is 14.8 Å². The van der Waals surface area contributed by atoms with E-state index >= 15 is 0 Å². The topological polar surface area (TPSA) is 71.4 Å². The van der Waals surface area contributed by atoms with Gasteiger partial charge < -0.3 is 14.8 Å². The van der Waals surface area contributed by atoms with Crippen molar-refractivity contribution in [3.63, 3.8) is 0 Å². The molecule has 0 aliphatic carbocycles. The largest absolute Gasteiger partial charge is 0.352 e. The maximum Gasteiger partial charge on any atom is 0.250 e. The number of nitrogens with one attached hydrogen (secondary N) is 1. The molecular weight excluding hydrogens is 342 g/mol. The Kier molecular flexibility index (Phi) is 6.41. The predicted octanol–water partition coefficient (Wildman–Crippen LogP) is 1.79. The van der Waals surface area contributed by atoms with E-state index < -0.39 is 0 Å². The third-order valence-corrected chi connectivity index (χ3v) is 4.99. The molecule has 2 amide bonds. The Morgan fingerprint density at radius 1 is 1.00 bits per heavy atom. The van der Waals surface area contributed by atoms with Gasteiger partial charge >= 0.3 is 0 Å². The monoisotopic (exact) mass is 367 g/mol. The van der Waals surface area contributed by atoms with E-state index in [1.807, 2.05) is 30.3 Å². The Bertz CT molecular complexity index is 824. The molecule has 3 rings (SSSR count). The van der Waals surface area contributed by atoms with Crippen LogP contribution in [-0.4, -0.2) is 34.4 Å². The van der Waals surface area contributed by atoms with E-state index in [0.29, 0.717) is 45.4 Å². The molecule has 0 bridgehead atoms. The minimum atomic E-state index is -0.0981. The first kappa shape index (κ1) is 18.9. The highest BCUT2D eigenvalue weighted by atomic mass is 16.2. The Morgan fingerprint density at radius 2 is 1.70 bits per heavy atom. The number of piperidine rings is 1. The third-order valence-electron chi connectivity index (χ3n) is 4.99. The Hall–Kier alpha value is -2.89. The van der Waals surface area contributed by atoms with Gasteiger partial charge in [-0.2, -0.15) is 0 Å². The summed E-state index contributed by atoms with van der Waals surface area (Å²) in [5.74, 6) is 0.0465. The number of hydrogen-bond donors (Lipinski definition) is 1. The van der Waals surface area contributed by atoms with Crippen LogP contribution in [0.2, 0.25) is 0 Å². The Balaban J connectivity index is 1.41. The molecule has 0 unspecified atom stereocenters. The molecule has 0 radical (unpaired) electrons. The maximum atomic E-state index is 12.4. The van der Waals surface area contributed by atoms with Crippen LogP contribution in [0.15, 0.2) is 59.5 Å². The van der Waals surface area contributed by atoms with Crippen molar-refractivity contribution in [1.29, 1.82) is 0 Å². The number of aromatic nitrogens is 1. The van der Waals surface area contributed by atoms with Crippen molar-refractivity contribution >= 4 is 11.8 Å². The minimum absolute atomic E-state index is 0.0360. The van der Waals surface area contributed by atoms with E-state index in [9.17, 15) is 14.4 Å². The molecular formula is C21H25N3O3. The molecule has 6 heteroatoms. The van der Waals surface area contributed by atoms with Crippen molar-refractivity contribution in [2.45, 2.75) is 32.4 Å². The molecule has 1 aromatic heterocycles. The molecule has 1 aliphatic heterocycles. The van der Waals surface area contributed by atoms with Crippen LogP contribution < -0.4 is 10.9 Å². The van der Waals surface area contributed by atoms with Gasteiger partial charge in [-0.3, -0.25) is 14.4 Å². The summed E-state index contributed by atoms with van der Waals surface area (Å²) in [7, 11) is 0. The zero-order chi connectivity index (χ0) is 19.1. The van der Waals surface area contributed by atoms with Gasteiger partial charge in [0.15, 0.2) is 0 Å². The van der Waals surface area contributed by atoms with Gasteiger partial charge in [-0.15, -0.1) is 0 Å². The van der Waals surface area contributed by atoms with Crippen LogP contribution in [0, 0.1) is 5.92 Å². The summed E-state index contributed by atoms with van der Waals surface area (Å²) in [5.41, 5.74) is 0.980. The van der Waals surface area contributed by atoms with Crippen molar-refractivity contribution in [3.05, 3.63) is 70.6 Å². The highest BCUT2D eigenvalue weighted by molar-refractivity contribution is 5.80. The van der Waals surface area contributed by atoms with Crippen LogP contribution in [0.4, 0.5) is 0 Å². The summed E-state index contributed by atoms with van der Waals surface area (Å²) < 4.78 is 1.54. The van der Waals surface area contributed by atoms with E-state index in [0.717, 1.165) is 5.56 Å². The standard InChI is InChI=1S/C21H25N3O3/c25-19-8-4-5-12-23(19)15-11-20(26)24-13-9-18(10-14-24)21(27)22-16-17-6-2-1-3-7-17/h1-8,12,18H,9-11,13-16H2,(H,22,27). The molecule has 0 spiro atoms. The van der Waals surface area contributed by atoms with Crippen molar-refractivity contribution in [2.24, 2.45) is 5.92 Å². The Labute approximate surface area is 158 Å². The molecule has 1 saturated heterocycles. The van der Waals surface area contributed by atoms with Crippen molar-refractivity contribution in [3.8, 4) is 0 Å². The van der Waals surface area contributed by atoms with Gasteiger partial charge in [-0.25, -0.2) is 0 Å². The summed E-state index contributed by atoms with van der Waals surface area (Å²) in [4.78, 5) is 38.2. The molecule has 2 aromatic rings. The van der Waals surface area contributed by atoms with Crippen molar-refractivity contribution in [2.75, 3.05) is 13.1 Å². The third kappa shape index (κ3) is 5.29. The molecule has 1 fully saturated rings. The number of carbonyl (C=O) groups excluding carboxylic acids is 2. The summed E-state index contributed by atoms with van der Waals surface area (Å²) in [5, 5.41) is 2.99. The molecule has 1 aromatic carbocycles. The highest BCUT2D eigenvalue weighted by Crippen LogP contribution is 2.18.